The van der Waals surface area contributed by atoms with Crippen molar-refractivity contribution in [3.8, 4) is 23.3 Å². The number of benzene rings is 2. The van der Waals surface area contributed by atoms with Crippen LogP contribution in [0.3, 0.4) is 0 Å². The molecule has 39 heavy (non-hydrogen) atoms. The van der Waals surface area contributed by atoms with Crippen LogP contribution in [0.15, 0.2) is 30.3 Å². The van der Waals surface area contributed by atoms with Gasteiger partial charge in [-0.3, -0.25) is 4.79 Å². The highest BCUT2D eigenvalue weighted by Crippen LogP contribution is 2.50. The predicted molar refractivity (Wildman–Crippen MR) is 132 cm³/mol. The monoisotopic (exact) mass is 545 g/mol. The summed E-state index contributed by atoms with van der Waals surface area (Å²) < 4.78 is 58.6. The highest BCUT2D eigenvalue weighted by molar-refractivity contribution is 6.01. The number of nitrogens with zero attached hydrogens (tertiary/aromatic N) is 2. The zero-order valence-corrected chi connectivity index (χ0v) is 21.3. The summed E-state index contributed by atoms with van der Waals surface area (Å²) in [5, 5.41) is 32.3. The minimum atomic E-state index is -3.83. The minimum absolute atomic E-state index is 0.00230. The van der Waals surface area contributed by atoms with E-state index in [1.807, 2.05) is 6.07 Å². The summed E-state index contributed by atoms with van der Waals surface area (Å²) in [4.78, 5) is 13.4. The molecule has 3 aromatic rings. The van der Waals surface area contributed by atoms with Crippen LogP contribution in [0, 0.1) is 17.1 Å². The Morgan fingerprint density at radius 1 is 1.21 bits per heavy atom. The second kappa shape index (κ2) is 9.07. The number of nitriles is 1. The number of amides is 1. The number of fused-ring (bicyclic) bond motifs is 3. The fourth-order valence-corrected chi connectivity index (χ4v) is 4.87. The van der Waals surface area contributed by atoms with E-state index < -0.39 is 35.0 Å². The Morgan fingerprint density at radius 2 is 1.90 bits per heavy atom. The van der Waals surface area contributed by atoms with Crippen LogP contribution >= 0.6 is 0 Å². The molecule has 3 N–H and O–H groups in total. The molecule has 2 atom stereocenters. The summed E-state index contributed by atoms with van der Waals surface area (Å²) in [5.74, 6) is -1.68. The van der Waals surface area contributed by atoms with E-state index >= 15 is 4.39 Å². The Labute approximate surface area is 221 Å². The summed E-state index contributed by atoms with van der Waals surface area (Å²) in [6, 6.07) is 8.77. The van der Waals surface area contributed by atoms with Crippen molar-refractivity contribution in [1.29, 1.82) is 5.26 Å². The third-order valence-corrected chi connectivity index (χ3v) is 7.16. The molecule has 0 fully saturated rings. The quantitative estimate of drug-likeness (QED) is 0.411. The summed E-state index contributed by atoms with van der Waals surface area (Å²) in [6.45, 7) is 4.76. The number of ether oxygens (including phenoxy) is 3. The third-order valence-electron chi connectivity index (χ3n) is 7.16. The Hall–Kier alpha value is -3.95. The van der Waals surface area contributed by atoms with Crippen LogP contribution in [0.2, 0.25) is 0 Å². The van der Waals surface area contributed by atoms with Crippen molar-refractivity contribution in [3.05, 3.63) is 47.4 Å². The fraction of sp³-hybridized carbons (Fsp3) is 0.407. The van der Waals surface area contributed by atoms with Crippen molar-refractivity contribution in [3.63, 3.8) is 0 Å². The molecule has 3 heterocycles. The van der Waals surface area contributed by atoms with Gasteiger partial charge in [0, 0.05) is 40.7 Å². The van der Waals surface area contributed by atoms with Gasteiger partial charge in [0.2, 0.25) is 5.91 Å². The molecule has 0 saturated heterocycles. The van der Waals surface area contributed by atoms with Gasteiger partial charge in [0.1, 0.15) is 23.6 Å². The molecule has 0 unspecified atom stereocenters. The van der Waals surface area contributed by atoms with Crippen LogP contribution < -0.4 is 19.5 Å². The van der Waals surface area contributed by atoms with Gasteiger partial charge in [-0.15, -0.1) is 8.78 Å². The number of aliphatic hydroxyl groups is 2. The van der Waals surface area contributed by atoms with E-state index in [2.05, 4.69) is 14.8 Å². The van der Waals surface area contributed by atoms with Crippen LogP contribution in [-0.2, 0) is 22.2 Å². The second-order valence-corrected chi connectivity index (χ2v) is 10.6. The van der Waals surface area contributed by atoms with Crippen LogP contribution in [-0.4, -0.2) is 46.3 Å². The largest absolute Gasteiger partial charge is 0.586 e. The second-order valence-electron chi connectivity index (χ2n) is 10.6. The molecular weight excluding hydrogens is 519 g/mol. The molecular formula is C27H26F3N3O6. The first-order valence-corrected chi connectivity index (χ1v) is 12.2. The molecule has 2 aromatic carbocycles. The maximum absolute atomic E-state index is 15.4. The zero-order chi connectivity index (χ0) is 28.3. The number of aromatic nitrogens is 1. The average molecular weight is 546 g/mol. The molecule has 0 aliphatic carbocycles. The molecule has 0 spiro atoms. The van der Waals surface area contributed by atoms with Gasteiger partial charge in [0.25, 0.3) is 0 Å². The van der Waals surface area contributed by atoms with Gasteiger partial charge in [-0.1, -0.05) is 13.8 Å². The molecule has 2 aliphatic heterocycles. The number of carbonyl (C=O) groups is 1. The lowest BCUT2D eigenvalue weighted by Crippen LogP contribution is -2.39. The number of halogens is 3. The highest BCUT2D eigenvalue weighted by Gasteiger charge is 2.49. The van der Waals surface area contributed by atoms with Gasteiger partial charge in [-0.05, 0) is 25.1 Å². The lowest BCUT2D eigenvalue weighted by atomic mass is 9.83. The van der Waals surface area contributed by atoms with Crippen LogP contribution in [0.1, 0.15) is 38.4 Å². The predicted octanol–water partition coefficient (Wildman–Crippen LogP) is 3.94. The summed E-state index contributed by atoms with van der Waals surface area (Å²) in [5.41, 5.74) is -0.938. The molecule has 2 aliphatic rings. The smallest absolute Gasteiger partial charge is 0.492 e. The summed E-state index contributed by atoms with van der Waals surface area (Å²) in [7, 11) is 0. The van der Waals surface area contributed by atoms with E-state index in [9.17, 15) is 23.8 Å². The number of hydrogen-bond acceptors (Lipinski definition) is 7. The minimum Gasteiger partial charge on any atom is -0.492 e. The van der Waals surface area contributed by atoms with Gasteiger partial charge >= 0.3 is 6.29 Å². The van der Waals surface area contributed by atoms with Gasteiger partial charge in [-0.2, -0.15) is 5.26 Å². The molecule has 0 radical (unpaired) electrons. The first kappa shape index (κ1) is 26.6. The van der Waals surface area contributed by atoms with E-state index in [1.165, 1.54) is 24.3 Å². The van der Waals surface area contributed by atoms with Crippen molar-refractivity contribution >= 4 is 22.5 Å². The molecule has 12 heteroatoms. The number of rotatable bonds is 7. The topological polar surface area (TPSA) is 126 Å². The van der Waals surface area contributed by atoms with Crippen molar-refractivity contribution < 1.29 is 42.4 Å². The Balaban J connectivity index is 1.49. The molecule has 5 rings (SSSR count). The van der Waals surface area contributed by atoms with Crippen molar-refractivity contribution in [2.75, 3.05) is 18.5 Å². The zero-order valence-electron chi connectivity index (χ0n) is 21.3. The van der Waals surface area contributed by atoms with Gasteiger partial charge in [0.15, 0.2) is 11.5 Å². The number of carbonyl (C=O) groups excluding carboxylic acids is 1. The summed E-state index contributed by atoms with van der Waals surface area (Å²) in [6.07, 6.45) is -4.98. The summed E-state index contributed by atoms with van der Waals surface area (Å²) >= 11 is 0. The Kier molecular flexibility index (Phi) is 6.19. The van der Waals surface area contributed by atoms with E-state index in [1.54, 1.807) is 31.4 Å². The van der Waals surface area contributed by atoms with E-state index in [4.69, 9.17) is 10.00 Å². The number of aliphatic hydroxyl groups excluding tert-OH is 2. The lowest BCUT2D eigenvalue weighted by Gasteiger charge is -2.25. The lowest BCUT2D eigenvalue weighted by molar-refractivity contribution is -0.286. The first-order chi connectivity index (χ1) is 18.3. The number of nitrogens with one attached hydrogen (secondary N) is 1. The highest BCUT2D eigenvalue weighted by atomic mass is 19.3. The van der Waals surface area contributed by atoms with Gasteiger partial charge in [0.05, 0.1) is 36.4 Å². The normalized spacial score (nSPS) is 19.9. The number of alkyl halides is 2. The SMILES string of the molecule is CC(C)(CO)c1cc2cc(NC(=O)[C@@]3(C)COc4cc5c(cc43)OC(F)(F)O5)c(F)cc2n1C[C@@H](O)CC#N. The molecule has 0 saturated carbocycles. The van der Waals surface area contributed by atoms with Crippen molar-refractivity contribution in [2.45, 2.75) is 57.0 Å². The Morgan fingerprint density at radius 3 is 2.56 bits per heavy atom. The van der Waals surface area contributed by atoms with Crippen LogP contribution in [0.25, 0.3) is 10.9 Å². The molecule has 1 amide bonds. The number of anilines is 1. The van der Waals surface area contributed by atoms with E-state index in [0.717, 1.165) is 0 Å². The van der Waals surface area contributed by atoms with E-state index in [0.29, 0.717) is 16.6 Å². The fourth-order valence-electron chi connectivity index (χ4n) is 4.87. The van der Waals surface area contributed by atoms with Crippen LogP contribution in [0.4, 0.5) is 18.9 Å². The number of hydrogen-bond donors (Lipinski definition) is 3. The maximum Gasteiger partial charge on any atom is 0.586 e. The molecule has 9 nitrogen and oxygen atoms in total. The maximum atomic E-state index is 15.4. The van der Waals surface area contributed by atoms with E-state index in [-0.39, 0.29) is 54.7 Å². The first-order valence-electron chi connectivity index (χ1n) is 12.2. The van der Waals surface area contributed by atoms with Gasteiger partial charge < -0.3 is 34.3 Å². The average Bonchev–Trinajstić information content (AvgIpc) is 3.48. The van der Waals surface area contributed by atoms with Crippen LogP contribution in [0.5, 0.6) is 17.2 Å². The van der Waals surface area contributed by atoms with Crippen molar-refractivity contribution in [1.82, 2.24) is 4.57 Å². The molecule has 0 bridgehead atoms. The third kappa shape index (κ3) is 4.51. The molecule has 1 aromatic heterocycles. The molecule has 206 valence electrons. The standard InChI is InChI=1S/C27H26F3N3O6/c1-25(2,12-34)23-7-14-6-18(17(28)9-19(14)33(23)11-15(35)4-5-31)32-24(36)26(3)13-37-20-10-22-21(8-16(20)26)38-27(29,30)39-22/h6-10,15,34-35H,4,11-13H2,1-3H3,(H,32,36)/t15-,26-/m0/s1. The Bertz CT molecular complexity index is 1530. The van der Waals surface area contributed by atoms with Crippen molar-refractivity contribution in [2.24, 2.45) is 0 Å². The van der Waals surface area contributed by atoms with Gasteiger partial charge in [-0.25, -0.2) is 4.39 Å².